The van der Waals surface area contributed by atoms with Crippen LogP contribution in [0, 0.1) is 6.92 Å². The van der Waals surface area contributed by atoms with Gasteiger partial charge >= 0.3 is 12.3 Å². The number of nitrogens with one attached hydrogen (secondary N) is 1. The Morgan fingerprint density at radius 3 is 2.52 bits per heavy atom. The van der Waals surface area contributed by atoms with E-state index in [4.69, 9.17) is 9.47 Å². The fraction of sp³-hybridized carbons (Fsp3) is 0.522. The third-order valence-electron chi connectivity index (χ3n) is 5.19. The molecule has 10 heteroatoms. The zero-order chi connectivity index (χ0) is 24.4. The van der Waals surface area contributed by atoms with Gasteiger partial charge in [0.1, 0.15) is 17.2 Å². The minimum absolute atomic E-state index is 0.0218. The van der Waals surface area contributed by atoms with E-state index < -0.39 is 17.3 Å². The number of amides is 1. The van der Waals surface area contributed by atoms with Crippen LogP contribution in [0.5, 0.6) is 5.75 Å². The average Bonchev–Trinajstić information content (AvgIpc) is 2.72. The summed E-state index contributed by atoms with van der Waals surface area (Å²) in [4.78, 5) is 14.1. The van der Waals surface area contributed by atoms with Gasteiger partial charge in [-0.25, -0.2) is 4.79 Å². The molecular weight excluding hydrogens is 437 g/mol. The number of hydrogen-bond acceptors (Lipinski definition) is 6. The summed E-state index contributed by atoms with van der Waals surface area (Å²) in [7, 11) is 1.32. The minimum atomic E-state index is -4.46. The van der Waals surface area contributed by atoms with Crippen LogP contribution in [0.4, 0.5) is 23.8 Å². The zero-order valence-electron chi connectivity index (χ0n) is 19.4. The van der Waals surface area contributed by atoms with Gasteiger partial charge in [0, 0.05) is 24.7 Å². The van der Waals surface area contributed by atoms with E-state index >= 15 is 0 Å². The van der Waals surface area contributed by atoms with Crippen molar-refractivity contribution in [1.29, 1.82) is 0 Å². The Morgan fingerprint density at radius 1 is 1.18 bits per heavy atom. The lowest BCUT2D eigenvalue weighted by Gasteiger charge is -2.34. The molecule has 0 bridgehead atoms. The molecule has 3 rings (SSSR count). The maximum Gasteiger partial charge on any atom is 0.416 e. The topological polar surface area (TPSA) is 76.6 Å². The molecule has 0 unspecified atom stereocenters. The van der Waals surface area contributed by atoms with Crippen molar-refractivity contribution < 1.29 is 27.4 Å². The molecule has 180 valence electrons. The summed E-state index contributed by atoms with van der Waals surface area (Å²) < 4.78 is 49.7. The molecule has 1 aromatic carbocycles. The van der Waals surface area contributed by atoms with Gasteiger partial charge < -0.3 is 19.7 Å². The molecule has 1 atom stereocenters. The number of methoxy groups -OCH3 is 1. The number of anilines is 1. The Labute approximate surface area is 191 Å². The molecule has 2 aromatic rings. The van der Waals surface area contributed by atoms with Crippen molar-refractivity contribution in [3.8, 4) is 17.0 Å². The number of halogens is 3. The summed E-state index contributed by atoms with van der Waals surface area (Å²) in [6.07, 6.45) is -3.13. The van der Waals surface area contributed by atoms with E-state index in [0.29, 0.717) is 30.2 Å². The molecule has 0 spiro atoms. The number of piperidine rings is 1. The van der Waals surface area contributed by atoms with Crippen LogP contribution >= 0.6 is 0 Å². The first-order valence-corrected chi connectivity index (χ1v) is 10.7. The van der Waals surface area contributed by atoms with Gasteiger partial charge in [-0.15, -0.1) is 10.2 Å². The maximum absolute atomic E-state index is 13.0. The molecule has 1 aliphatic rings. The van der Waals surface area contributed by atoms with E-state index in [1.165, 1.54) is 13.2 Å². The lowest BCUT2D eigenvalue weighted by molar-refractivity contribution is -0.137. The third-order valence-corrected chi connectivity index (χ3v) is 5.19. The predicted octanol–water partition coefficient (Wildman–Crippen LogP) is 5.29. The lowest BCUT2D eigenvalue weighted by Crippen LogP contribution is -2.47. The van der Waals surface area contributed by atoms with Crippen molar-refractivity contribution in [2.45, 2.75) is 58.4 Å². The Hall–Kier alpha value is -3.04. The summed E-state index contributed by atoms with van der Waals surface area (Å²) in [5.41, 5.74) is 0.236. The van der Waals surface area contributed by atoms with E-state index in [0.717, 1.165) is 30.5 Å². The second-order valence-corrected chi connectivity index (χ2v) is 9.08. The lowest BCUT2D eigenvalue weighted by atomic mass is 10.0. The molecule has 0 radical (unpaired) electrons. The van der Waals surface area contributed by atoms with Gasteiger partial charge in [-0.2, -0.15) is 13.2 Å². The number of aromatic nitrogens is 2. The first-order valence-electron chi connectivity index (χ1n) is 10.7. The first-order chi connectivity index (χ1) is 15.4. The van der Waals surface area contributed by atoms with Crippen molar-refractivity contribution in [3.63, 3.8) is 0 Å². The molecule has 0 saturated carbocycles. The number of hydrogen-bond donors (Lipinski definition) is 1. The summed E-state index contributed by atoms with van der Waals surface area (Å²) in [5.74, 6) is 0.599. The molecule has 2 heterocycles. The fourth-order valence-electron chi connectivity index (χ4n) is 3.68. The van der Waals surface area contributed by atoms with Crippen LogP contribution in [0.3, 0.4) is 0 Å². The van der Waals surface area contributed by atoms with Gasteiger partial charge in [0.05, 0.1) is 18.4 Å². The molecular formula is C23H29F3N4O3. The number of likely N-dealkylation sites (tertiary alicyclic amines) is 1. The second-order valence-electron chi connectivity index (χ2n) is 9.08. The smallest absolute Gasteiger partial charge is 0.416 e. The molecule has 1 N–H and O–H groups in total. The van der Waals surface area contributed by atoms with E-state index in [2.05, 4.69) is 15.5 Å². The Bertz CT molecular complexity index is 1010. The SMILES string of the molecule is COc1cc(C(F)(F)F)ccc1-c1nnc(N[C@@H]2CCCN(C(=O)OC(C)(C)C)C2)cc1C. The Kier molecular flexibility index (Phi) is 7.04. The molecule has 1 fully saturated rings. The van der Waals surface area contributed by atoms with Gasteiger partial charge in [0.2, 0.25) is 0 Å². The van der Waals surface area contributed by atoms with Gasteiger partial charge in [-0.3, -0.25) is 0 Å². The number of benzene rings is 1. The van der Waals surface area contributed by atoms with Crippen LogP contribution in [0.1, 0.15) is 44.7 Å². The quantitative estimate of drug-likeness (QED) is 0.660. The molecule has 1 saturated heterocycles. The monoisotopic (exact) mass is 466 g/mol. The summed E-state index contributed by atoms with van der Waals surface area (Å²) >= 11 is 0. The number of carbonyl (C=O) groups excluding carboxylic acids is 1. The highest BCUT2D eigenvalue weighted by atomic mass is 19.4. The number of ether oxygens (including phenoxy) is 2. The largest absolute Gasteiger partial charge is 0.496 e. The van der Waals surface area contributed by atoms with Crippen LogP contribution in [0.15, 0.2) is 24.3 Å². The van der Waals surface area contributed by atoms with Crippen LogP contribution in [0.25, 0.3) is 11.3 Å². The average molecular weight is 467 g/mol. The summed E-state index contributed by atoms with van der Waals surface area (Å²) in [5, 5.41) is 11.8. The maximum atomic E-state index is 13.0. The first kappa shape index (κ1) is 24.6. The standard InChI is InChI=1S/C23H29F3N4O3/c1-14-11-19(27-16-7-6-10-30(13-16)21(31)33-22(2,3)4)28-29-20(14)17-9-8-15(23(24,25)26)12-18(17)32-5/h8-9,11-12,16H,6-7,10,13H2,1-5H3,(H,27,28)/t16-/m1/s1. The molecule has 33 heavy (non-hydrogen) atoms. The molecule has 7 nitrogen and oxygen atoms in total. The van der Waals surface area contributed by atoms with Crippen molar-refractivity contribution in [1.82, 2.24) is 15.1 Å². The minimum Gasteiger partial charge on any atom is -0.496 e. The van der Waals surface area contributed by atoms with E-state index in [-0.39, 0.29) is 17.9 Å². The highest BCUT2D eigenvalue weighted by Gasteiger charge is 2.32. The third kappa shape index (κ3) is 6.27. The van der Waals surface area contributed by atoms with Gasteiger partial charge in [-0.1, -0.05) is 0 Å². The van der Waals surface area contributed by atoms with Crippen molar-refractivity contribution in [2.24, 2.45) is 0 Å². The number of carbonyl (C=O) groups is 1. The molecule has 1 aromatic heterocycles. The normalized spacial score (nSPS) is 17.0. The van der Waals surface area contributed by atoms with Crippen molar-refractivity contribution in [3.05, 3.63) is 35.4 Å². The van der Waals surface area contributed by atoms with Gasteiger partial charge in [0.25, 0.3) is 0 Å². The van der Waals surface area contributed by atoms with Gasteiger partial charge in [0.15, 0.2) is 0 Å². The Morgan fingerprint density at radius 2 is 1.91 bits per heavy atom. The number of nitrogens with zero attached hydrogens (tertiary/aromatic N) is 3. The summed E-state index contributed by atoms with van der Waals surface area (Å²) in [6, 6.07) is 5.05. The van der Waals surface area contributed by atoms with E-state index in [1.807, 2.05) is 20.8 Å². The highest BCUT2D eigenvalue weighted by molar-refractivity contribution is 5.71. The molecule has 1 aliphatic heterocycles. The van der Waals surface area contributed by atoms with Crippen molar-refractivity contribution >= 4 is 11.9 Å². The Balaban J connectivity index is 1.74. The van der Waals surface area contributed by atoms with E-state index in [9.17, 15) is 18.0 Å². The van der Waals surface area contributed by atoms with E-state index in [1.54, 1.807) is 17.9 Å². The highest BCUT2D eigenvalue weighted by Crippen LogP contribution is 2.37. The van der Waals surface area contributed by atoms with Gasteiger partial charge in [-0.05, 0) is 70.4 Å². The van der Waals surface area contributed by atoms with Crippen LogP contribution in [-0.4, -0.2) is 53.0 Å². The summed E-state index contributed by atoms with van der Waals surface area (Å²) in [6.45, 7) is 8.40. The van der Waals surface area contributed by atoms with Crippen LogP contribution in [0.2, 0.25) is 0 Å². The zero-order valence-corrected chi connectivity index (χ0v) is 19.4. The predicted molar refractivity (Wildman–Crippen MR) is 118 cm³/mol. The fourth-order valence-corrected chi connectivity index (χ4v) is 3.68. The second kappa shape index (κ2) is 9.44. The van der Waals surface area contributed by atoms with Crippen molar-refractivity contribution in [2.75, 3.05) is 25.5 Å². The van der Waals surface area contributed by atoms with Crippen LogP contribution < -0.4 is 10.1 Å². The van der Waals surface area contributed by atoms with Crippen LogP contribution in [-0.2, 0) is 10.9 Å². The molecule has 1 amide bonds. The number of alkyl halides is 3. The molecule has 0 aliphatic carbocycles. The number of rotatable bonds is 4. The number of aryl methyl sites for hydroxylation is 1.